The maximum absolute atomic E-state index is 13.5. The summed E-state index contributed by atoms with van der Waals surface area (Å²) >= 11 is 0. The molecule has 1 fully saturated rings. The van der Waals surface area contributed by atoms with Crippen molar-refractivity contribution >= 4 is 45.5 Å². The van der Waals surface area contributed by atoms with E-state index in [9.17, 15) is 4.79 Å². The van der Waals surface area contributed by atoms with Gasteiger partial charge in [0.2, 0.25) is 5.95 Å². The molecular formula is C26H28N8O. The van der Waals surface area contributed by atoms with Crippen LogP contribution in [0.5, 0.6) is 0 Å². The monoisotopic (exact) mass is 468 g/mol. The van der Waals surface area contributed by atoms with E-state index in [-0.39, 0.29) is 5.91 Å². The number of benzene rings is 2. The smallest absolute Gasteiger partial charge is 0.260 e. The van der Waals surface area contributed by atoms with E-state index in [1.54, 1.807) is 11.9 Å². The van der Waals surface area contributed by atoms with E-state index in [0.717, 1.165) is 53.8 Å². The summed E-state index contributed by atoms with van der Waals surface area (Å²) in [6.45, 7) is 3.93. The topological polar surface area (TPSA) is 91.2 Å². The van der Waals surface area contributed by atoms with Crippen LogP contribution in [0.4, 0.5) is 28.8 Å². The van der Waals surface area contributed by atoms with Gasteiger partial charge in [0.1, 0.15) is 5.69 Å². The van der Waals surface area contributed by atoms with Crippen molar-refractivity contribution in [3.63, 3.8) is 0 Å². The number of carbonyl (C=O) groups excluding carboxylic acids is 1. The molecule has 2 aliphatic heterocycles. The third-order valence-electron chi connectivity index (χ3n) is 6.99. The third kappa shape index (κ3) is 3.68. The molecule has 4 heterocycles. The number of aromatic nitrogens is 4. The lowest BCUT2D eigenvalue weighted by Gasteiger charge is -2.23. The van der Waals surface area contributed by atoms with Crippen LogP contribution in [-0.4, -0.2) is 52.8 Å². The van der Waals surface area contributed by atoms with E-state index in [4.69, 9.17) is 9.97 Å². The number of hydrogen-bond acceptors (Lipinski definition) is 7. The number of aryl methyl sites for hydroxylation is 1. The largest absolute Gasteiger partial charge is 0.327 e. The Labute approximate surface area is 203 Å². The van der Waals surface area contributed by atoms with Crippen molar-refractivity contribution < 1.29 is 4.79 Å². The average molecular weight is 469 g/mol. The number of carbonyl (C=O) groups is 1. The van der Waals surface area contributed by atoms with Crippen LogP contribution in [0.15, 0.2) is 48.8 Å². The highest BCUT2D eigenvalue weighted by molar-refractivity contribution is 6.15. The van der Waals surface area contributed by atoms with Crippen molar-refractivity contribution in [1.82, 2.24) is 25.1 Å². The van der Waals surface area contributed by atoms with Crippen molar-refractivity contribution in [2.75, 3.05) is 42.3 Å². The molecule has 0 aliphatic carbocycles. The molecule has 2 aliphatic rings. The molecule has 2 aromatic heterocycles. The summed E-state index contributed by atoms with van der Waals surface area (Å²) in [6.07, 6.45) is 5.96. The van der Waals surface area contributed by atoms with Crippen molar-refractivity contribution in [2.45, 2.75) is 25.8 Å². The van der Waals surface area contributed by atoms with Gasteiger partial charge in [0.25, 0.3) is 5.91 Å². The van der Waals surface area contributed by atoms with Gasteiger partial charge in [-0.05, 0) is 55.8 Å². The molecule has 35 heavy (non-hydrogen) atoms. The number of piperidine rings is 1. The molecule has 0 atom stereocenters. The predicted octanol–water partition coefficient (Wildman–Crippen LogP) is 4.16. The zero-order valence-electron chi connectivity index (χ0n) is 20.1. The minimum atomic E-state index is -0.0768. The Bertz CT molecular complexity index is 1440. The fraction of sp³-hybridized carbons (Fsp3) is 0.308. The Morgan fingerprint density at radius 3 is 2.54 bits per heavy atom. The van der Waals surface area contributed by atoms with E-state index in [1.165, 1.54) is 0 Å². The first-order valence-electron chi connectivity index (χ1n) is 11.9. The number of rotatable bonds is 3. The molecule has 1 saturated heterocycles. The first-order valence-corrected chi connectivity index (χ1v) is 11.9. The molecule has 178 valence electrons. The van der Waals surface area contributed by atoms with Gasteiger partial charge in [-0.3, -0.25) is 9.48 Å². The SMILES string of the molecule is Cc1nc(Nc2cnn(C3CCNCC3)c2)nc2c1N(C)C(=O)c1cc3ccccc3cc1N2C. The quantitative estimate of drug-likeness (QED) is 0.466. The van der Waals surface area contributed by atoms with Gasteiger partial charge < -0.3 is 20.4 Å². The second-order valence-corrected chi connectivity index (χ2v) is 9.26. The summed E-state index contributed by atoms with van der Waals surface area (Å²) in [7, 11) is 3.73. The van der Waals surface area contributed by atoms with Gasteiger partial charge in [0, 0.05) is 20.3 Å². The molecule has 1 amide bonds. The normalized spacial score (nSPS) is 16.3. The van der Waals surface area contributed by atoms with E-state index >= 15 is 0 Å². The van der Waals surface area contributed by atoms with E-state index in [1.807, 2.05) is 60.2 Å². The number of fused-ring (bicyclic) bond motifs is 3. The number of hydrogen-bond donors (Lipinski definition) is 2. The molecule has 6 rings (SSSR count). The number of anilines is 5. The Morgan fingerprint density at radius 1 is 1.03 bits per heavy atom. The number of nitrogens with one attached hydrogen (secondary N) is 2. The highest BCUT2D eigenvalue weighted by Gasteiger charge is 2.31. The minimum Gasteiger partial charge on any atom is -0.327 e. The highest BCUT2D eigenvalue weighted by atomic mass is 16.2. The van der Waals surface area contributed by atoms with E-state index in [2.05, 4.69) is 27.9 Å². The van der Waals surface area contributed by atoms with Crippen LogP contribution < -0.4 is 20.4 Å². The zero-order valence-corrected chi connectivity index (χ0v) is 20.1. The first-order chi connectivity index (χ1) is 17.0. The van der Waals surface area contributed by atoms with Gasteiger partial charge in [0.15, 0.2) is 5.82 Å². The van der Waals surface area contributed by atoms with Crippen molar-refractivity contribution in [1.29, 1.82) is 0 Å². The summed E-state index contributed by atoms with van der Waals surface area (Å²) in [5.41, 5.74) is 3.73. The number of amides is 1. The third-order valence-corrected chi connectivity index (χ3v) is 6.99. The number of nitrogens with zero attached hydrogens (tertiary/aromatic N) is 6. The summed E-state index contributed by atoms with van der Waals surface area (Å²) in [5, 5.41) is 13.4. The van der Waals surface area contributed by atoms with Gasteiger partial charge in [-0.2, -0.15) is 10.1 Å². The summed E-state index contributed by atoms with van der Waals surface area (Å²) < 4.78 is 2.03. The minimum absolute atomic E-state index is 0.0768. The second-order valence-electron chi connectivity index (χ2n) is 9.26. The Balaban J connectivity index is 1.39. The highest BCUT2D eigenvalue weighted by Crippen LogP contribution is 2.41. The standard InChI is InChI=1S/C26H28N8O/c1-16-23-24(31-26(29-16)30-19-14-28-34(15-19)20-8-10-27-11-9-20)32(2)22-13-18-7-5-4-6-17(18)12-21(22)25(35)33(23)3/h4-7,12-15,20,27H,8-11H2,1-3H3,(H,29,30,31). The lowest BCUT2D eigenvalue weighted by atomic mass is 10.0. The predicted molar refractivity (Wildman–Crippen MR) is 138 cm³/mol. The lowest BCUT2D eigenvalue weighted by molar-refractivity contribution is 0.0994. The first kappa shape index (κ1) is 21.5. The van der Waals surface area contributed by atoms with Crippen LogP contribution in [0, 0.1) is 6.92 Å². The molecule has 9 heteroatoms. The van der Waals surface area contributed by atoms with Crippen LogP contribution in [-0.2, 0) is 0 Å². The van der Waals surface area contributed by atoms with Crippen LogP contribution in [0.1, 0.15) is 34.9 Å². The molecule has 0 radical (unpaired) electrons. The van der Waals surface area contributed by atoms with Crippen molar-refractivity contribution in [3.05, 3.63) is 60.0 Å². The van der Waals surface area contributed by atoms with Gasteiger partial charge in [-0.25, -0.2) is 4.98 Å². The van der Waals surface area contributed by atoms with Crippen molar-refractivity contribution in [3.8, 4) is 0 Å². The maximum Gasteiger partial charge on any atom is 0.260 e. The summed E-state index contributed by atoms with van der Waals surface area (Å²) in [5.74, 6) is 1.07. The Hall–Kier alpha value is -3.98. The van der Waals surface area contributed by atoms with Crippen LogP contribution in [0.25, 0.3) is 10.8 Å². The fourth-order valence-electron chi connectivity index (χ4n) is 5.11. The van der Waals surface area contributed by atoms with Crippen molar-refractivity contribution in [2.24, 2.45) is 0 Å². The molecule has 0 bridgehead atoms. The van der Waals surface area contributed by atoms with Crippen LogP contribution in [0.2, 0.25) is 0 Å². The van der Waals surface area contributed by atoms with E-state index < -0.39 is 0 Å². The molecule has 9 nitrogen and oxygen atoms in total. The molecule has 2 aromatic carbocycles. The van der Waals surface area contributed by atoms with Gasteiger partial charge in [-0.1, -0.05) is 24.3 Å². The van der Waals surface area contributed by atoms with Gasteiger partial charge >= 0.3 is 0 Å². The van der Waals surface area contributed by atoms with Crippen LogP contribution in [0.3, 0.4) is 0 Å². The second kappa shape index (κ2) is 8.35. The van der Waals surface area contributed by atoms with Crippen LogP contribution >= 0.6 is 0 Å². The zero-order chi connectivity index (χ0) is 24.1. The average Bonchev–Trinajstić information content (AvgIpc) is 3.32. The Kier molecular flexibility index (Phi) is 5.14. The van der Waals surface area contributed by atoms with Gasteiger partial charge in [0.05, 0.1) is 34.9 Å². The molecule has 2 N–H and O–H groups in total. The summed E-state index contributed by atoms with van der Waals surface area (Å²) in [4.78, 5) is 26.7. The molecule has 4 aromatic rings. The Morgan fingerprint density at radius 2 is 1.77 bits per heavy atom. The lowest BCUT2D eigenvalue weighted by Crippen LogP contribution is -2.29. The molecular weight excluding hydrogens is 440 g/mol. The molecule has 0 saturated carbocycles. The fourth-order valence-corrected chi connectivity index (χ4v) is 5.11. The van der Waals surface area contributed by atoms with E-state index in [0.29, 0.717) is 29.1 Å². The van der Waals surface area contributed by atoms with Gasteiger partial charge in [-0.15, -0.1) is 0 Å². The molecule has 0 spiro atoms. The maximum atomic E-state index is 13.5. The molecule has 0 unspecified atom stereocenters. The summed E-state index contributed by atoms with van der Waals surface area (Å²) in [6, 6.07) is 12.5.